The van der Waals surface area contributed by atoms with Gasteiger partial charge in [0.25, 0.3) is 6.43 Å². The van der Waals surface area contributed by atoms with Crippen molar-refractivity contribution in [2.24, 2.45) is 0 Å². The van der Waals surface area contributed by atoms with E-state index in [1.54, 1.807) is 6.07 Å². The van der Waals surface area contributed by atoms with Gasteiger partial charge in [-0.3, -0.25) is 0 Å². The molecular formula is C7H8F2S. The normalized spacial score (nSPS) is 10.8. The van der Waals surface area contributed by atoms with Gasteiger partial charge in [0, 0.05) is 4.88 Å². The van der Waals surface area contributed by atoms with E-state index < -0.39 is 6.43 Å². The van der Waals surface area contributed by atoms with Gasteiger partial charge in [-0.15, -0.1) is 11.3 Å². The minimum atomic E-state index is -2.30. The second-order valence-corrected chi connectivity index (χ2v) is 3.16. The third-order valence-electron chi connectivity index (χ3n) is 1.25. The van der Waals surface area contributed by atoms with Crippen LogP contribution in [0.15, 0.2) is 12.1 Å². The van der Waals surface area contributed by atoms with Gasteiger partial charge in [0.05, 0.1) is 4.88 Å². The summed E-state index contributed by atoms with van der Waals surface area (Å²) in [5.74, 6) is 0. The summed E-state index contributed by atoms with van der Waals surface area (Å²) in [5, 5.41) is 0. The molecule has 3 heteroatoms. The summed E-state index contributed by atoms with van der Waals surface area (Å²) in [6.07, 6.45) is -1.46. The Bertz CT molecular complexity index is 205. The van der Waals surface area contributed by atoms with Crippen LogP contribution < -0.4 is 0 Å². The molecule has 0 aliphatic rings. The molecule has 0 spiro atoms. The average Bonchev–Trinajstić information content (AvgIpc) is 2.34. The van der Waals surface area contributed by atoms with Gasteiger partial charge in [0.1, 0.15) is 0 Å². The number of alkyl halides is 2. The van der Waals surface area contributed by atoms with Crippen molar-refractivity contribution in [3.8, 4) is 0 Å². The summed E-state index contributed by atoms with van der Waals surface area (Å²) >= 11 is 1.19. The zero-order valence-corrected chi connectivity index (χ0v) is 6.42. The fraction of sp³-hybridized carbons (Fsp3) is 0.429. The van der Waals surface area contributed by atoms with Gasteiger partial charge in [-0.1, -0.05) is 6.92 Å². The molecule has 0 saturated carbocycles. The summed E-state index contributed by atoms with van der Waals surface area (Å²) in [5.41, 5.74) is 0. The molecule has 0 atom stereocenters. The van der Waals surface area contributed by atoms with E-state index in [1.165, 1.54) is 17.4 Å². The molecule has 0 fully saturated rings. The van der Waals surface area contributed by atoms with Crippen molar-refractivity contribution in [1.82, 2.24) is 0 Å². The molecule has 1 heterocycles. The SMILES string of the molecule is CCc1ccc(C(F)F)s1. The lowest BCUT2D eigenvalue weighted by atomic mass is 10.4. The van der Waals surface area contributed by atoms with Gasteiger partial charge >= 0.3 is 0 Å². The van der Waals surface area contributed by atoms with Gasteiger partial charge in [0.15, 0.2) is 0 Å². The van der Waals surface area contributed by atoms with Gasteiger partial charge in [0.2, 0.25) is 0 Å². The second-order valence-electron chi connectivity index (χ2n) is 1.96. The number of hydrogen-bond acceptors (Lipinski definition) is 1. The lowest BCUT2D eigenvalue weighted by molar-refractivity contribution is 0.155. The minimum absolute atomic E-state index is 0.178. The van der Waals surface area contributed by atoms with Crippen LogP contribution in [0.4, 0.5) is 8.78 Å². The lowest BCUT2D eigenvalue weighted by Gasteiger charge is -1.89. The Hall–Kier alpha value is -0.440. The topological polar surface area (TPSA) is 0 Å². The standard InChI is InChI=1S/C7H8F2S/c1-2-5-3-4-6(10-5)7(8)9/h3-4,7H,2H2,1H3. The molecule has 0 unspecified atom stereocenters. The summed E-state index contributed by atoms with van der Waals surface area (Å²) in [6.45, 7) is 1.96. The van der Waals surface area contributed by atoms with Crippen molar-refractivity contribution < 1.29 is 8.78 Å². The van der Waals surface area contributed by atoms with Crippen molar-refractivity contribution in [2.45, 2.75) is 19.8 Å². The zero-order valence-electron chi connectivity index (χ0n) is 5.60. The molecule has 0 saturated heterocycles. The van der Waals surface area contributed by atoms with Gasteiger partial charge in [-0.05, 0) is 18.6 Å². The highest BCUT2D eigenvalue weighted by Crippen LogP contribution is 2.26. The highest BCUT2D eigenvalue weighted by atomic mass is 32.1. The van der Waals surface area contributed by atoms with Crippen LogP contribution in [-0.4, -0.2) is 0 Å². The highest BCUT2D eigenvalue weighted by molar-refractivity contribution is 7.12. The predicted octanol–water partition coefficient (Wildman–Crippen LogP) is 3.25. The van der Waals surface area contributed by atoms with Gasteiger partial charge < -0.3 is 0 Å². The van der Waals surface area contributed by atoms with Crippen molar-refractivity contribution in [3.05, 3.63) is 21.9 Å². The maximum absolute atomic E-state index is 11.9. The molecule has 1 rings (SSSR count). The van der Waals surface area contributed by atoms with Crippen molar-refractivity contribution in [2.75, 3.05) is 0 Å². The number of hydrogen-bond donors (Lipinski definition) is 0. The molecule has 0 radical (unpaired) electrons. The smallest absolute Gasteiger partial charge is 0.204 e. The summed E-state index contributed by atoms with van der Waals surface area (Å²) in [4.78, 5) is 1.20. The van der Waals surface area contributed by atoms with E-state index in [0.717, 1.165) is 11.3 Å². The van der Waals surface area contributed by atoms with Crippen LogP contribution in [0, 0.1) is 0 Å². The van der Waals surface area contributed by atoms with E-state index in [1.807, 2.05) is 6.92 Å². The molecule has 1 aromatic heterocycles. The quantitative estimate of drug-likeness (QED) is 0.626. The molecule has 0 aliphatic carbocycles. The summed E-state index contributed by atoms with van der Waals surface area (Å²) in [7, 11) is 0. The Labute approximate surface area is 62.5 Å². The van der Waals surface area contributed by atoms with E-state index in [-0.39, 0.29) is 4.88 Å². The van der Waals surface area contributed by atoms with Gasteiger partial charge in [-0.25, -0.2) is 8.78 Å². The molecule has 10 heavy (non-hydrogen) atoms. The van der Waals surface area contributed by atoms with Crippen molar-refractivity contribution in [3.63, 3.8) is 0 Å². The van der Waals surface area contributed by atoms with E-state index in [0.29, 0.717) is 0 Å². The Balaban J connectivity index is 2.78. The summed E-state index contributed by atoms with van der Waals surface area (Å²) in [6, 6.07) is 3.25. The molecule has 0 aromatic carbocycles. The van der Waals surface area contributed by atoms with Crippen LogP contribution in [0.2, 0.25) is 0 Å². The first kappa shape index (κ1) is 7.66. The number of rotatable bonds is 2. The molecule has 0 amide bonds. The molecule has 0 aliphatic heterocycles. The third-order valence-corrected chi connectivity index (χ3v) is 2.48. The molecule has 0 nitrogen and oxygen atoms in total. The zero-order chi connectivity index (χ0) is 7.56. The monoisotopic (exact) mass is 162 g/mol. The third kappa shape index (κ3) is 1.53. The van der Waals surface area contributed by atoms with Crippen LogP contribution >= 0.6 is 11.3 Å². The fourth-order valence-corrected chi connectivity index (χ4v) is 1.51. The summed E-state index contributed by atoms with van der Waals surface area (Å²) < 4.78 is 23.9. The Morgan fingerprint density at radius 1 is 1.50 bits per heavy atom. The van der Waals surface area contributed by atoms with E-state index in [9.17, 15) is 8.78 Å². The van der Waals surface area contributed by atoms with Crippen LogP contribution in [0.5, 0.6) is 0 Å². The van der Waals surface area contributed by atoms with E-state index >= 15 is 0 Å². The number of halogens is 2. The predicted molar refractivity (Wildman–Crippen MR) is 38.7 cm³/mol. The number of thiophene rings is 1. The second kappa shape index (κ2) is 3.10. The maximum atomic E-state index is 11.9. The van der Waals surface area contributed by atoms with Crippen LogP contribution in [-0.2, 0) is 6.42 Å². The van der Waals surface area contributed by atoms with E-state index in [4.69, 9.17) is 0 Å². The minimum Gasteiger partial charge on any atom is -0.204 e. The molecule has 1 aromatic rings. The Morgan fingerprint density at radius 3 is 2.50 bits per heavy atom. The molecular weight excluding hydrogens is 154 g/mol. The van der Waals surface area contributed by atoms with Crippen LogP contribution in [0.25, 0.3) is 0 Å². The molecule has 56 valence electrons. The number of aryl methyl sites for hydroxylation is 1. The Morgan fingerprint density at radius 2 is 2.20 bits per heavy atom. The molecule has 0 bridgehead atoms. The first-order chi connectivity index (χ1) is 4.74. The largest absolute Gasteiger partial charge is 0.272 e. The average molecular weight is 162 g/mol. The maximum Gasteiger partial charge on any atom is 0.272 e. The van der Waals surface area contributed by atoms with Crippen LogP contribution in [0.3, 0.4) is 0 Å². The molecule has 0 N–H and O–H groups in total. The first-order valence-corrected chi connectivity index (χ1v) is 3.92. The van der Waals surface area contributed by atoms with Crippen molar-refractivity contribution in [1.29, 1.82) is 0 Å². The van der Waals surface area contributed by atoms with Crippen LogP contribution in [0.1, 0.15) is 23.1 Å². The fourth-order valence-electron chi connectivity index (χ4n) is 0.702. The Kier molecular flexibility index (Phi) is 2.38. The van der Waals surface area contributed by atoms with Gasteiger partial charge in [-0.2, -0.15) is 0 Å². The highest BCUT2D eigenvalue weighted by Gasteiger charge is 2.08. The lowest BCUT2D eigenvalue weighted by Crippen LogP contribution is -1.72. The van der Waals surface area contributed by atoms with Crippen molar-refractivity contribution >= 4 is 11.3 Å². The van der Waals surface area contributed by atoms with E-state index in [2.05, 4.69) is 0 Å². The first-order valence-electron chi connectivity index (χ1n) is 3.10.